The molecule has 1 aromatic carbocycles. The Hall–Kier alpha value is -1.36. The Kier molecular flexibility index (Phi) is 4.48. The molecule has 20 heavy (non-hydrogen) atoms. The maximum atomic E-state index is 12.3. The zero-order chi connectivity index (χ0) is 14.8. The molecule has 0 unspecified atom stereocenters. The Morgan fingerprint density at radius 1 is 1.30 bits per heavy atom. The van der Waals surface area contributed by atoms with Crippen molar-refractivity contribution in [2.75, 3.05) is 16.8 Å². The number of hydrogen-bond donors (Lipinski definition) is 1. The smallest absolute Gasteiger partial charge is 0.227 e. The van der Waals surface area contributed by atoms with E-state index < -0.39 is 9.84 Å². The van der Waals surface area contributed by atoms with Crippen LogP contribution in [0.15, 0.2) is 18.2 Å². The number of sulfone groups is 1. The van der Waals surface area contributed by atoms with Crippen molar-refractivity contribution in [2.45, 2.75) is 33.1 Å². The highest BCUT2D eigenvalue weighted by Gasteiger charge is 2.28. The van der Waals surface area contributed by atoms with Crippen molar-refractivity contribution in [1.82, 2.24) is 0 Å². The lowest BCUT2D eigenvalue weighted by atomic mass is 10.0. The van der Waals surface area contributed by atoms with Gasteiger partial charge in [-0.2, -0.15) is 0 Å². The molecule has 1 aliphatic heterocycles. The van der Waals surface area contributed by atoms with Gasteiger partial charge in [0.2, 0.25) is 5.91 Å². The van der Waals surface area contributed by atoms with Crippen LogP contribution >= 0.6 is 0 Å². The van der Waals surface area contributed by atoms with E-state index in [1.807, 2.05) is 25.1 Å². The van der Waals surface area contributed by atoms with E-state index in [0.29, 0.717) is 12.8 Å². The summed E-state index contributed by atoms with van der Waals surface area (Å²) in [4.78, 5) is 12.3. The molecule has 1 fully saturated rings. The number of aryl methyl sites for hydroxylation is 2. The van der Waals surface area contributed by atoms with E-state index in [2.05, 4.69) is 12.2 Å². The van der Waals surface area contributed by atoms with Crippen LogP contribution in [0.1, 0.15) is 30.9 Å². The second-order valence-electron chi connectivity index (χ2n) is 5.38. The number of benzene rings is 1. The number of amides is 1. The second-order valence-corrected chi connectivity index (χ2v) is 7.68. The molecule has 1 heterocycles. The molecule has 0 spiro atoms. The Labute approximate surface area is 120 Å². The summed E-state index contributed by atoms with van der Waals surface area (Å²) in [5.41, 5.74) is 3.04. The number of nitrogens with one attached hydrogen (secondary N) is 1. The van der Waals surface area contributed by atoms with Gasteiger partial charge in [0.1, 0.15) is 9.84 Å². The first-order chi connectivity index (χ1) is 9.43. The number of anilines is 1. The van der Waals surface area contributed by atoms with E-state index in [1.54, 1.807) is 0 Å². The summed E-state index contributed by atoms with van der Waals surface area (Å²) in [6.45, 7) is 4.03. The average molecular weight is 295 g/mol. The molecule has 0 aliphatic carbocycles. The number of carbonyl (C=O) groups excluding carboxylic acids is 1. The highest BCUT2D eigenvalue weighted by atomic mass is 32.2. The lowest BCUT2D eigenvalue weighted by Gasteiger charge is -2.22. The molecular weight excluding hydrogens is 274 g/mol. The molecule has 110 valence electrons. The normalized spacial score (nSPS) is 18.7. The Morgan fingerprint density at radius 3 is 2.55 bits per heavy atom. The van der Waals surface area contributed by atoms with Crippen molar-refractivity contribution in [2.24, 2.45) is 5.92 Å². The molecule has 1 saturated heterocycles. The van der Waals surface area contributed by atoms with Crippen molar-refractivity contribution in [1.29, 1.82) is 0 Å². The summed E-state index contributed by atoms with van der Waals surface area (Å²) in [6.07, 6.45) is 1.72. The molecular formula is C15H21NO3S. The fraction of sp³-hybridized carbons (Fsp3) is 0.533. The minimum Gasteiger partial charge on any atom is -0.325 e. The van der Waals surface area contributed by atoms with Crippen LogP contribution in [0.25, 0.3) is 0 Å². The van der Waals surface area contributed by atoms with Crippen LogP contribution in [0, 0.1) is 12.8 Å². The first kappa shape index (κ1) is 15.0. The quantitative estimate of drug-likeness (QED) is 0.931. The van der Waals surface area contributed by atoms with Crippen molar-refractivity contribution in [3.05, 3.63) is 29.3 Å². The first-order valence-corrected chi connectivity index (χ1v) is 8.85. The highest BCUT2D eigenvalue weighted by Crippen LogP contribution is 2.25. The van der Waals surface area contributed by atoms with Gasteiger partial charge in [-0.25, -0.2) is 8.42 Å². The van der Waals surface area contributed by atoms with Crippen molar-refractivity contribution < 1.29 is 13.2 Å². The predicted octanol–water partition coefficient (Wildman–Crippen LogP) is 2.32. The van der Waals surface area contributed by atoms with Gasteiger partial charge in [-0.05, 0) is 37.3 Å². The van der Waals surface area contributed by atoms with E-state index in [9.17, 15) is 13.2 Å². The van der Waals surface area contributed by atoms with Gasteiger partial charge in [-0.15, -0.1) is 0 Å². The van der Waals surface area contributed by atoms with Gasteiger partial charge >= 0.3 is 0 Å². The second kappa shape index (κ2) is 5.95. The number of rotatable bonds is 3. The van der Waals surface area contributed by atoms with Crippen LogP contribution in [0.4, 0.5) is 5.69 Å². The lowest BCUT2D eigenvalue weighted by molar-refractivity contribution is -0.120. The molecule has 0 saturated carbocycles. The van der Waals surface area contributed by atoms with Gasteiger partial charge in [0.25, 0.3) is 0 Å². The van der Waals surface area contributed by atoms with Gasteiger partial charge in [0, 0.05) is 11.6 Å². The van der Waals surface area contributed by atoms with Gasteiger partial charge in [-0.1, -0.05) is 25.1 Å². The topological polar surface area (TPSA) is 63.2 Å². The molecule has 1 N–H and O–H groups in total. The van der Waals surface area contributed by atoms with Crippen LogP contribution in [0.2, 0.25) is 0 Å². The highest BCUT2D eigenvalue weighted by molar-refractivity contribution is 7.91. The Bertz CT molecular complexity index is 594. The maximum absolute atomic E-state index is 12.3. The minimum atomic E-state index is -2.92. The SMILES string of the molecule is CCc1cccc(C)c1NC(=O)C1CCS(=O)(=O)CC1. The molecule has 1 aliphatic rings. The van der Waals surface area contributed by atoms with Crippen molar-refractivity contribution >= 4 is 21.4 Å². The summed E-state index contributed by atoms with van der Waals surface area (Å²) in [5.74, 6) is 0.00523. The zero-order valence-electron chi connectivity index (χ0n) is 12.0. The molecule has 4 nitrogen and oxygen atoms in total. The van der Waals surface area contributed by atoms with Crippen LogP contribution < -0.4 is 5.32 Å². The predicted molar refractivity (Wildman–Crippen MR) is 80.6 cm³/mol. The molecule has 0 radical (unpaired) electrons. The molecule has 5 heteroatoms. The van der Waals surface area contributed by atoms with Crippen LogP contribution in [0.3, 0.4) is 0 Å². The van der Waals surface area contributed by atoms with Crippen LogP contribution in [0.5, 0.6) is 0 Å². The summed E-state index contributed by atoms with van der Waals surface area (Å²) < 4.78 is 22.8. The fourth-order valence-electron chi connectivity index (χ4n) is 2.58. The van der Waals surface area contributed by atoms with E-state index >= 15 is 0 Å². The Balaban J connectivity index is 2.09. The van der Waals surface area contributed by atoms with Crippen molar-refractivity contribution in [3.63, 3.8) is 0 Å². The molecule has 0 bridgehead atoms. The number of hydrogen-bond acceptors (Lipinski definition) is 3. The van der Waals surface area contributed by atoms with Gasteiger partial charge in [0.05, 0.1) is 11.5 Å². The standard InChI is InChI=1S/C15H21NO3S/c1-3-12-6-4-5-11(2)14(12)16-15(17)13-7-9-20(18,19)10-8-13/h4-6,13H,3,7-10H2,1-2H3,(H,16,17). The van der Waals surface area contributed by atoms with Crippen LogP contribution in [-0.4, -0.2) is 25.8 Å². The monoisotopic (exact) mass is 295 g/mol. The minimum absolute atomic E-state index is 0.0519. The van der Waals surface area contributed by atoms with Crippen LogP contribution in [-0.2, 0) is 21.1 Å². The summed E-state index contributed by atoms with van der Waals surface area (Å²) in [7, 11) is -2.92. The molecule has 1 aromatic rings. The van der Waals surface area contributed by atoms with E-state index in [4.69, 9.17) is 0 Å². The third-order valence-electron chi connectivity index (χ3n) is 3.91. The summed E-state index contributed by atoms with van der Waals surface area (Å²) in [5, 5.41) is 2.99. The molecule has 2 rings (SSSR count). The number of carbonyl (C=O) groups is 1. The van der Waals surface area contributed by atoms with Crippen molar-refractivity contribution in [3.8, 4) is 0 Å². The first-order valence-electron chi connectivity index (χ1n) is 7.02. The fourth-order valence-corrected chi connectivity index (χ4v) is 4.07. The van der Waals surface area contributed by atoms with Gasteiger partial charge < -0.3 is 5.32 Å². The number of para-hydroxylation sites is 1. The summed E-state index contributed by atoms with van der Waals surface area (Å²) >= 11 is 0. The van der Waals surface area contributed by atoms with E-state index in [1.165, 1.54) is 0 Å². The average Bonchev–Trinajstić information content (AvgIpc) is 2.40. The molecule has 0 aromatic heterocycles. The maximum Gasteiger partial charge on any atom is 0.227 e. The Morgan fingerprint density at radius 2 is 1.95 bits per heavy atom. The zero-order valence-corrected chi connectivity index (χ0v) is 12.8. The third-order valence-corrected chi connectivity index (χ3v) is 5.63. The summed E-state index contributed by atoms with van der Waals surface area (Å²) in [6, 6.07) is 5.96. The van der Waals surface area contributed by atoms with E-state index in [0.717, 1.165) is 23.2 Å². The van der Waals surface area contributed by atoms with E-state index in [-0.39, 0.29) is 23.3 Å². The van der Waals surface area contributed by atoms with Gasteiger partial charge in [0.15, 0.2) is 0 Å². The molecule has 1 amide bonds. The van der Waals surface area contributed by atoms with Gasteiger partial charge in [-0.3, -0.25) is 4.79 Å². The molecule has 0 atom stereocenters. The largest absolute Gasteiger partial charge is 0.325 e. The third kappa shape index (κ3) is 3.39. The lowest BCUT2D eigenvalue weighted by Crippen LogP contribution is -2.32.